The Morgan fingerprint density at radius 2 is 1.57 bits per heavy atom. The van der Waals surface area contributed by atoms with E-state index in [9.17, 15) is 22.4 Å². The first-order valence-electron chi connectivity index (χ1n) is 12.8. The number of benzene rings is 3. The number of carbonyl (C=O) groups excluding carboxylic acids is 2. The molecule has 0 aliphatic carbocycles. The molecule has 0 aliphatic heterocycles. The lowest BCUT2D eigenvalue weighted by Crippen LogP contribution is -2.53. The van der Waals surface area contributed by atoms with Crippen LogP contribution < -0.4 is 9.62 Å². The highest BCUT2D eigenvalue weighted by Gasteiger charge is 2.34. The molecular weight excluding hydrogens is 576 g/mol. The quantitative estimate of drug-likeness (QED) is 0.271. The third-order valence-corrected chi connectivity index (χ3v) is 8.98. The van der Waals surface area contributed by atoms with Crippen molar-refractivity contribution in [1.29, 1.82) is 0 Å². The van der Waals surface area contributed by atoms with E-state index < -0.39 is 34.3 Å². The summed E-state index contributed by atoms with van der Waals surface area (Å²) in [4.78, 5) is 28.6. The number of hydrogen-bond donors (Lipinski definition) is 1. The monoisotopic (exact) mass is 607 g/mol. The van der Waals surface area contributed by atoms with Gasteiger partial charge in [-0.2, -0.15) is 0 Å². The molecule has 3 rings (SSSR count). The number of sulfonamides is 1. The summed E-state index contributed by atoms with van der Waals surface area (Å²) >= 11 is 12.3. The van der Waals surface area contributed by atoms with Crippen LogP contribution in [0.15, 0.2) is 77.7 Å². The van der Waals surface area contributed by atoms with Crippen molar-refractivity contribution in [2.45, 2.75) is 57.1 Å². The summed E-state index contributed by atoms with van der Waals surface area (Å²) in [7, 11) is -4.23. The predicted octanol–water partition coefficient (Wildman–Crippen LogP) is 6.05. The average molecular weight is 609 g/mol. The van der Waals surface area contributed by atoms with E-state index >= 15 is 0 Å². The Morgan fingerprint density at radius 1 is 0.925 bits per heavy atom. The van der Waals surface area contributed by atoms with Crippen molar-refractivity contribution in [1.82, 2.24) is 10.2 Å². The fraction of sp³-hybridized carbons (Fsp3) is 0.310. The first-order valence-corrected chi connectivity index (χ1v) is 15.0. The molecule has 2 amide bonds. The van der Waals surface area contributed by atoms with Gasteiger partial charge in [-0.3, -0.25) is 13.9 Å². The van der Waals surface area contributed by atoms with Crippen molar-refractivity contribution < 1.29 is 22.4 Å². The number of nitrogens with zero attached hydrogens (tertiary/aromatic N) is 2. The third-order valence-electron chi connectivity index (χ3n) is 6.45. The molecule has 0 aliphatic rings. The molecule has 3 aromatic rings. The molecule has 11 heteroatoms. The molecule has 214 valence electrons. The summed E-state index contributed by atoms with van der Waals surface area (Å²) in [5, 5.41) is 3.24. The van der Waals surface area contributed by atoms with Gasteiger partial charge in [-0.05, 0) is 67.8 Å². The van der Waals surface area contributed by atoms with Gasteiger partial charge in [0, 0.05) is 12.6 Å². The molecule has 0 saturated heterocycles. The standard InChI is InChI=1S/C29H32Cl2FN3O4S/c1-4-20(3)33-29(37)27(5-2)34(18-21-11-13-22(32)14-12-21)28(36)19-35(23-15-16-25(30)26(31)17-23)40(38,39)24-9-7-6-8-10-24/h6-17,20,27H,4-5,18-19H2,1-3H3,(H,33,37)/t20-,27+/m1/s1. The van der Waals surface area contributed by atoms with Crippen molar-refractivity contribution in [3.05, 3.63) is 94.2 Å². The van der Waals surface area contributed by atoms with Gasteiger partial charge in [0.05, 0.1) is 20.6 Å². The second-order valence-corrected chi connectivity index (χ2v) is 12.0. The SMILES string of the molecule is CC[C@@H](C)NC(=O)[C@H](CC)N(Cc1ccc(F)cc1)C(=O)CN(c1ccc(Cl)c(Cl)c1)S(=O)(=O)c1ccccc1. The lowest BCUT2D eigenvalue weighted by atomic mass is 10.1. The highest BCUT2D eigenvalue weighted by molar-refractivity contribution is 7.92. The molecule has 0 unspecified atom stereocenters. The summed E-state index contributed by atoms with van der Waals surface area (Å²) in [5.74, 6) is -1.43. The van der Waals surface area contributed by atoms with Crippen LogP contribution >= 0.6 is 23.2 Å². The molecule has 0 bridgehead atoms. The molecule has 0 fully saturated rings. The van der Waals surface area contributed by atoms with Crippen LogP contribution in [0.3, 0.4) is 0 Å². The molecule has 0 saturated carbocycles. The van der Waals surface area contributed by atoms with Gasteiger partial charge in [0.2, 0.25) is 11.8 Å². The third kappa shape index (κ3) is 7.74. The van der Waals surface area contributed by atoms with Crippen LogP contribution in [0, 0.1) is 5.82 Å². The Morgan fingerprint density at radius 3 is 2.15 bits per heavy atom. The second-order valence-electron chi connectivity index (χ2n) is 9.31. The summed E-state index contributed by atoms with van der Waals surface area (Å²) in [6.45, 7) is 4.89. The van der Waals surface area contributed by atoms with Crippen LogP contribution in [0.5, 0.6) is 0 Å². The number of amides is 2. The van der Waals surface area contributed by atoms with Crippen LogP contribution in [-0.2, 0) is 26.2 Å². The van der Waals surface area contributed by atoms with Crippen molar-refractivity contribution >= 4 is 50.7 Å². The predicted molar refractivity (Wildman–Crippen MR) is 156 cm³/mol. The van der Waals surface area contributed by atoms with Crippen LogP contribution in [-0.4, -0.2) is 43.8 Å². The van der Waals surface area contributed by atoms with Gasteiger partial charge in [0.15, 0.2) is 0 Å². The lowest BCUT2D eigenvalue weighted by molar-refractivity contribution is -0.140. The van der Waals surface area contributed by atoms with Gasteiger partial charge >= 0.3 is 0 Å². The van der Waals surface area contributed by atoms with E-state index in [1.165, 1.54) is 59.5 Å². The minimum Gasteiger partial charge on any atom is -0.352 e. The molecule has 3 aromatic carbocycles. The second kappa shape index (κ2) is 14.0. The lowest BCUT2D eigenvalue weighted by Gasteiger charge is -2.33. The Balaban J connectivity index is 2.06. The number of nitrogens with one attached hydrogen (secondary N) is 1. The van der Waals surface area contributed by atoms with Gasteiger partial charge in [-0.15, -0.1) is 0 Å². The van der Waals surface area contributed by atoms with E-state index in [4.69, 9.17) is 23.2 Å². The Hall–Kier alpha value is -3.14. The molecule has 1 N–H and O–H groups in total. The normalized spacial score (nSPS) is 12.8. The van der Waals surface area contributed by atoms with Crippen LogP contribution in [0.25, 0.3) is 0 Å². The van der Waals surface area contributed by atoms with Crippen LogP contribution in [0.2, 0.25) is 10.0 Å². The molecule has 7 nitrogen and oxygen atoms in total. The molecule has 2 atom stereocenters. The smallest absolute Gasteiger partial charge is 0.264 e. The highest BCUT2D eigenvalue weighted by Crippen LogP contribution is 2.31. The van der Waals surface area contributed by atoms with Gasteiger partial charge in [0.25, 0.3) is 10.0 Å². The van der Waals surface area contributed by atoms with E-state index in [-0.39, 0.29) is 45.5 Å². The van der Waals surface area contributed by atoms with Crippen molar-refractivity contribution in [2.24, 2.45) is 0 Å². The topological polar surface area (TPSA) is 86.8 Å². The summed E-state index contributed by atoms with van der Waals surface area (Å²) in [6.07, 6.45) is 0.960. The number of rotatable bonds is 12. The van der Waals surface area contributed by atoms with Crippen molar-refractivity contribution in [3.8, 4) is 0 Å². The highest BCUT2D eigenvalue weighted by atomic mass is 35.5. The molecule has 0 radical (unpaired) electrons. The van der Waals surface area contributed by atoms with E-state index in [0.29, 0.717) is 12.0 Å². The van der Waals surface area contributed by atoms with Crippen LogP contribution in [0.1, 0.15) is 39.2 Å². The van der Waals surface area contributed by atoms with Gasteiger partial charge in [-0.1, -0.05) is 67.4 Å². The molecular formula is C29H32Cl2FN3O4S. The number of carbonyl (C=O) groups is 2. The van der Waals surface area contributed by atoms with Crippen molar-refractivity contribution in [3.63, 3.8) is 0 Å². The minimum absolute atomic E-state index is 0.0273. The zero-order valence-corrected chi connectivity index (χ0v) is 24.8. The van der Waals surface area contributed by atoms with E-state index in [2.05, 4.69) is 5.32 Å². The van der Waals surface area contributed by atoms with Crippen molar-refractivity contribution in [2.75, 3.05) is 10.8 Å². The van der Waals surface area contributed by atoms with E-state index in [1.54, 1.807) is 25.1 Å². The Kier molecular flexibility index (Phi) is 11.0. The summed E-state index contributed by atoms with van der Waals surface area (Å²) in [6, 6.07) is 16.5. The molecule has 0 aromatic heterocycles. The molecule has 0 heterocycles. The Labute approximate surface area is 244 Å². The fourth-order valence-corrected chi connectivity index (χ4v) is 5.76. The molecule has 0 spiro atoms. The van der Waals surface area contributed by atoms with E-state index in [0.717, 1.165) is 4.31 Å². The summed E-state index contributed by atoms with van der Waals surface area (Å²) < 4.78 is 42.1. The maximum Gasteiger partial charge on any atom is 0.264 e. The van der Waals surface area contributed by atoms with E-state index in [1.807, 2.05) is 13.8 Å². The number of halogens is 3. The zero-order chi connectivity index (χ0) is 29.4. The largest absolute Gasteiger partial charge is 0.352 e. The summed E-state index contributed by atoms with van der Waals surface area (Å²) in [5.41, 5.74) is 0.710. The van der Waals surface area contributed by atoms with Gasteiger partial charge in [-0.25, -0.2) is 12.8 Å². The van der Waals surface area contributed by atoms with Crippen LogP contribution in [0.4, 0.5) is 10.1 Å². The maximum atomic E-state index is 14.0. The first-order chi connectivity index (χ1) is 19.0. The number of hydrogen-bond acceptors (Lipinski definition) is 4. The minimum atomic E-state index is -4.23. The fourth-order valence-electron chi connectivity index (χ4n) is 4.04. The van der Waals surface area contributed by atoms with Gasteiger partial charge in [0.1, 0.15) is 18.4 Å². The zero-order valence-electron chi connectivity index (χ0n) is 22.5. The molecule has 40 heavy (non-hydrogen) atoms. The Bertz CT molecular complexity index is 1420. The average Bonchev–Trinajstić information content (AvgIpc) is 2.94. The first kappa shape index (κ1) is 31.4. The maximum absolute atomic E-state index is 14.0. The number of anilines is 1. The van der Waals surface area contributed by atoms with Gasteiger partial charge < -0.3 is 10.2 Å².